The van der Waals surface area contributed by atoms with Crippen molar-refractivity contribution in [3.63, 3.8) is 0 Å². The molecular weight excluding hydrogens is 486 g/mol. The fourth-order valence-corrected chi connectivity index (χ4v) is 5.98. The van der Waals surface area contributed by atoms with Crippen LogP contribution in [0.4, 0.5) is 4.79 Å². The number of hydrogen-bond donors (Lipinski definition) is 4. The molecule has 0 aromatic rings. The van der Waals surface area contributed by atoms with Gasteiger partial charge in [-0.3, -0.25) is 19.2 Å². The molecule has 0 bridgehead atoms. The maximum Gasteiger partial charge on any atom is 0.315 e. The topological polar surface area (TPSA) is 151 Å². The van der Waals surface area contributed by atoms with E-state index in [1.165, 1.54) is 0 Å². The predicted molar refractivity (Wildman–Crippen MR) is 144 cm³/mol. The summed E-state index contributed by atoms with van der Waals surface area (Å²) in [5.74, 6) is -1.96. The Kier molecular flexibility index (Phi) is 8.53. The Bertz CT molecular complexity index is 964. The van der Waals surface area contributed by atoms with Crippen LogP contribution >= 0.6 is 0 Å². The lowest BCUT2D eigenvalue weighted by Crippen LogP contribution is -2.61. The van der Waals surface area contributed by atoms with Crippen molar-refractivity contribution < 1.29 is 24.0 Å². The van der Waals surface area contributed by atoms with E-state index < -0.39 is 52.7 Å². The summed E-state index contributed by atoms with van der Waals surface area (Å²) in [6.07, 6.45) is 5.71. The van der Waals surface area contributed by atoms with Crippen molar-refractivity contribution in [3.05, 3.63) is 0 Å². The molecular formula is C28H47N5O5. The van der Waals surface area contributed by atoms with E-state index in [2.05, 4.69) is 22.9 Å². The average molecular weight is 534 g/mol. The minimum absolute atomic E-state index is 0.139. The Morgan fingerprint density at radius 1 is 1.00 bits per heavy atom. The van der Waals surface area contributed by atoms with E-state index in [4.69, 9.17) is 5.73 Å². The molecule has 3 fully saturated rings. The highest BCUT2D eigenvalue weighted by molar-refractivity contribution is 6.37. The quantitative estimate of drug-likeness (QED) is 0.335. The molecule has 10 nitrogen and oxygen atoms in total. The number of urea groups is 1. The summed E-state index contributed by atoms with van der Waals surface area (Å²) in [7, 11) is 0. The first-order chi connectivity index (χ1) is 17.5. The van der Waals surface area contributed by atoms with Crippen molar-refractivity contribution >= 4 is 29.5 Å². The molecule has 38 heavy (non-hydrogen) atoms. The molecule has 2 saturated carbocycles. The Labute approximate surface area is 226 Å². The third kappa shape index (κ3) is 6.86. The van der Waals surface area contributed by atoms with Gasteiger partial charge in [-0.2, -0.15) is 0 Å². The van der Waals surface area contributed by atoms with Gasteiger partial charge >= 0.3 is 6.03 Å². The molecule has 1 heterocycles. The van der Waals surface area contributed by atoms with Gasteiger partial charge in [-0.1, -0.05) is 53.4 Å². The van der Waals surface area contributed by atoms with Gasteiger partial charge < -0.3 is 26.6 Å². The normalized spacial score (nSPS) is 26.8. The first-order valence-corrected chi connectivity index (χ1v) is 14.0. The van der Waals surface area contributed by atoms with Gasteiger partial charge in [0.2, 0.25) is 17.6 Å². The molecule has 0 aromatic carbocycles. The van der Waals surface area contributed by atoms with Crippen LogP contribution in [0.3, 0.4) is 0 Å². The van der Waals surface area contributed by atoms with E-state index in [0.29, 0.717) is 25.3 Å². The zero-order chi connectivity index (χ0) is 28.6. The summed E-state index contributed by atoms with van der Waals surface area (Å²) >= 11 is 0. The lowest BCUT2D eigenvalue weighted by molar-refractivity contribution is -0.143. The summed E-state index contributed by atoms with van der Waals surface area (Å²) in [5.41, 5.74) is 4.05. The number of likely N-dealkylation sites (tertiary alicyclic amines) is 1. The molecule has 0 aromatic heterocycles. The Morgan fingerprint density at radius 3 is 2.08 bits per heavy atom. The highest BCUT2D eigenvalue weighted by Gasteiger charge is 2.62. The second-order valence-corrected chi connectivity index (χ2v) is 13.8. The van der Waals surface area contributed by atoms with E-state index in [9.17, 15) is 24.0 Å². The Hall–Kier alpha value is -2.65. The zero-order valence-electron chi connectivity index (χ0n) is 24.1. The molecule has 5 amide bonds. The van der Waals surface area contributed by atoms with Crippen LogP contribution in [0.5, 0.6) is 0 Å². The fraction of sp³-hybridized carbons (Fsp3) is 0.821. The first kappa shape index (κ1) is 29.9. The molecule has 10 heteroatoms. The molecule has 5 atom stereocenters. The van der Waals surface area contributed by atoms with E-state index in [-0.39, 0.29) is 17.2 Å². The highest BCUT2D eigenvalue weighted by Crippen LogP contribution is 2.61. The molecule has 0 radical (unpaired) electrons. The van der Waals surface area contributed by atoms with E-state index in [1.54, 1.807) is 4.90 Å². The lowest BCUT2D eigenvalue weighted by Gasteiger charge is -2.36. The fourth-order valence-electron chi connectivity index (χ4n) is 5.98. The number of nitrogens with two attached hydrogens (primary N) is 1. The highest BCUT2D eigenvalue weighted by atomic mass is 16.2. The van der Waals surface area contributed by atoms with Crippen LogP contribution in [0.1, 0.15) is 93.4 Å². The molecule has 3 rings (SSSR count). The number of rotatable bonds is 9. The van der Waals surface area contributed by atoms with Gasteiger partial charge in [0, 0.05) is 12.1 Å². The smallest absolute Gasteiger partial charge is 0.315 e. The van der Waals surface area contributed by atoms with Gasteiger partial charge in [0.05, 0.1) is 6.04 Å². The molecule has 5 N–H and O–H groups in total. The van der Waals surface area contributed by atoms with E-state index in [1.807, 2.05) is 41.5 Å². The summed E-state index contributed by atoms with van der Waals surface area (Å²) in [5, 5.41) is 8.48. The Balaban J connectivity index is 1.84. The number of carbonyl (C=O) groups is 5. The van der Waals surface area contributed by atoms with Crippen molar-refractivity contribution in [1.82, 2.24) is 20.9 Å². The zero-order valence-corrected chi connectivity index (χ0v) is 24.1. The summed E-state index contributed by atoms with van der Waals surface area (Å²) in [4.78, 5) is 66.3. The summed E-state index contributed by atoms with van der Waals surface area (Å²) in [6.45, 7) is 13.7. The van der Waals surface area contributed by atoms with Gasteiger partial charge in [-0.05, 0) is 62.7 Å². The van der Waals surface area contributed by atoms with E-state index in [0.717, 1.165) is 32.1 Å². The number of carbonyl (C=O) groups excluding carboxylic acids is 5. The number of primary amides is 1. The number of amides is 5. The van der Waals surface area contributed by atoms with Crippen LogP contribution in [0.25, 0.3) is 0 Å². The van der Waals surface area contributed by atoms with Crippen LogP contribution in [-0.4, -0.2) is 64.6 Å². The minimum atomic E-state index is -1.07. The first-order valence-electron chi connectivity index (χ1n) is 14.0. The molecule has 2 unspecified atom stereocenters. The molecule has 3 aliphatic rings. The standard InChI is InChI=1S/C28H47N5O5/c1-8-17-13-28(17)14-19(23(36)30-18(20(34)22(29)35)12-16-10-9-11-16)33(15-28)24(37)21(26(2,3)4)31-25(38)32-27(5,6)7/h16-19,21H,8-15H2,1-7H3,(H2,29,35)(H,30,36)(H2,31,32,38)/t17-,18?,19?,21+,28-/m0/s1. The van der Waals surface area contributed by atoms with Crippen molar-refractivity contribution in [3.8, 4) is 0 Å². The third-order valence-corrected chi connectivity index (χ3v) is 8.45. The molecule has 1 aliphatic heterocycles. The molecule has 1 spiro atoms. The number of nitrogens with zero attached hydrogens (tertiary/aromatic N) is 1. The lowest BCUT2D eigenvalue weighted by atomic mass is 9.80. The summed E-state index contributed by atoms with van der Waals surface area (Å²) < 4.78 is 0. The maximum atomic E-state index is 14.0. The second kappa shape index (κ2) is 10.8. The molecule has 2 aliphatic carbocycles. The van der Waals surface area contributed by atoms with Crippen LogP contribution < -0.4 is 21.7 Å². The molecule has 1 saturated heterocycles. The van der Waals surface area contributed by atoms with Gasteiger partial charge in [-0.25, -0.2) is 4.79 Å². The van der Waals surface area contributed by atoms with Crippen molar-refractivity contribution in [2.75, 3.05) is 6.54 Å². The van der Waals surface area contributed by atoms with Gasteiger partial charge in [0.25, 0.3) is 5.91 Å². The van der Waals surface area contributed by atoms with Crippen molar-refractivity contribution in [1.29, 1.82) is 0 Å². The van der Waals surface area contributed by atoms with Gasteiger partial charge in [-0.15, -0.1) is 0 Å². The van der Waals surface area contributed by atoms with Crippen LogP contribution in [0.2, 0.25) is 0 Å². The van der Waals surface area contributed by atoms with Gasteiger partial charge in [0.15, 0.2) is 0 Å². The van der Waals surface area contributed by atoms with Crippen molar-refractivity contribution in [2.24, 2.45) is 28.4 Å². The number of nitrogens with one attached hydrogen (secondary N) is 3. The third-order valence-electron chi connectivity index (χ3n) is 8.45. The largest absolute Gasteiger partial charge is 0.363 e. The van der Waals surface area contributed by atoms with Crippen LogP contribution in [0, 0.1) is 22.7 Å². The van der Waals surface area contributed by atoms with Crippen LogP contribution in [0.15, 0.2) is 0 Å². The number of ketones is 1. The monoisotopic (exact) mass is 533 g/mol. The Morgan fingerprint density at radius 2 is 1.63 bits per heavy atom. The SMILES string of the molecule is CC[C@H]1C[C@@]12CC(C(=O)NC(CC1CCC1)C(=O)C(N)=O)N(C(=O)[C@@H](NC(=O)NC(C)(C)C)C(C)(C)C)C2. The maximum absolute atomic E-state index is 14.0. The second-order valence-electron chi connectivity index (χ2n) is 13.8. The van der Waals surface area contributed by atoms with Crippen molar-refractivity contribution in [2.45, 2.75) is 117 Å². The van der Waals surface area contributed by atoms with Gasteiger partial charge in [0.1, 0.15) is 12.1 Å². The average Bonchev–Trinajstić information content (AvgIpc) is 3.29. The predicted octanol–water partition coefficient (Wildman–Crippen LogP) is 2.25. The molecule has 214 valence electrons. The minimum Gasteiger partial charge on any atom is -0.363 e. The van der Waals surface area contributed by atoms with Crippen LogP contribution in [-0.2, 0) is 19.2 Å². The van der Waals surface area contributed by atoms with E-state index >= 15 is 0 Å². The number of hydrogen-bond acceptors (Lipinski definition) is 5. The number of Topliss-reactive ketones (excluding diaryl/α,β-unsaturated/α-hetero) is 1. The summed E-state index contributed by atoms with van der Waals surface area (Å²) in [6, 6.07) is -3.10.